The predicted octanol–water partition coefficient (Wildman–Crippen LogP) is 0.690. The summed E-state index contributed by atoms with van der Waals surface area (Å²) in [5, 5.41) is 3.10. The Balaban J connectivity index is 1.93. The summed E-state index contributed by atoms with van der Waals surface area (Å²) in [4.78, 5) is 28.0. The lowest BCUT2D eigenvalue weighted by Gasteiger charge is -2.42. The van der Waals surface area contributed by atoms with E-state index in [4.69, 9.17) is 4.74 Å². The van der Waals surface area contributed by atoms with Crippen molar-refractivity contribution in [3.63, 3.8) is 0 Å². The van der Waals surface area contributed by atoms with Gasteiger partial charge in [0.25, 0.3) is 0 Å². The molecule has 1 N–H and O–H groups in total. The van der Waals surface area contributed by atoms with E-state index in [-0.39, 0.29) is 24.1 Å². The van der Waals surface area contributed by atoms with Crippen LogP contribution in [0.3, 0.4) is 0 Å². The fraction of sp³-hybridized carbons (Fsp3) is 0.875. The van der Waals surface area contributed by atoms with Crippen molar-refractivity contribution < 1.29 is 19.1 Å². The maximum atomic E-state index is 12.8. The summed E-state index contributed by atoms with van der Waals surface area (Å²) in [7, 11) is 1.37. The van der Waals surface area contributed by atoms with Crippen molar-refractivity contribution in [3.8, 4) is 0 Å². The molecule has 7 heteroatoms. The largest absolute Gasteiger partial charge is 0.453 e. The second-order valence-corrected chi connectivity index (χ2v) is 6.25. The van der Waals surface area contributed by atoms with Gasteiger partial charge >= 0.3 is 6.09 Å². The Labute approximate surface area is 138 Å². The van der Waals surface area contributed by atoms with Crippen LogP contribution < -0.4 is 5.32 Å². The highest BCUT2D eigenvalue weighted by atomic mass is 16.5. The lowest BCUT2D eigenvalue weighted by atomic mass is 9.91. The Kier molecular flexibility index (Phi) is 6.65. The molecule has 0 spiro atoms. The number of morpholine rings is 1. The van der Waals surface area contributed by atoms with E-state index in [1.807, 2.05) is 0 Å². The number of amides is 2. The minimum absolute atomic E-state index is 0.0273. The number of hydrogen-bond donors (Lipinski definition) is 1. The summed E-state index contributed by atoms with van der Waals surface area (Å²) in [6, 6.07) is -0.0828. The Morgan fingerprint density at radius 1 is 1.22 bits per heavy atom. The second-order valence-electron chi connectivity index (χ2n) is 6.25. The average molecular weight is 327 g/mol. The molecule has 0 aromatic carbocycles. The molecule has 2 aliphatic rings. The topological polar surface area (TPSA) is 71.1 Å². The molecule has 0 bridgehead atoms. The van der Waals surface area contributed by atoms with Crippen LogP contribution in [0.4, 0.5) is 4.79 Å². The third-order valence-electron chi connectivity index (χ3n) is 4.86. The minimum Gasteiger partial charge on any atom is -0.453 e. The molecule has 23 heavy (non-hydrogen) atoms. The molecule has 0 saturated carbocycles. The number of ether oxygens (including phenoxy) is 2. The molecule has 2 fully saturated rings. The van der Waals surface area contributed by atoms with Crippen molar-refractivity contribution in [1.82, 2.24) is 15.1 Å². The Morgan fingerprint density at radius 2 is 1.83 bits per heavy atom. The molecule has 0 aromatic rings. The molecule has 2 saturated heterocycles. The van der Waals surface area contributed by atoms with Crippen molar-refractivity contribution in [1.29, 1.82) is 0 Å². The highest BCUT2D eigenvalue weighted by Crippen LogP contribution is 2.21. The molecule has 1 unspecified atom stereocenters. The Morgan fingerprint density at radius 3 is 2.35 bits per heavy atom. The number of hydrogen-bond acceptors (Lipinski definition) is 5. The lowest BCUT2D eigenvalue weighted by Crippen LogP contribution is -2.64. The summed E-state index contributed by atoms with van der Waals surface area (Å²) in [5.41, 5.74) is 0. The first-order chi connectivity index (χ1) is 11.1. The molecule has 0 aliphatic carbocycles. The zero-order chi connectivity index (χ0) is 16.8. The minimum atomic E-state index is -0.333. The molecule has 2 aliphatic heterocycles. The highest BCUT2D eigenvalue weighted by molar-refractivity contribution is 5.83. The molecular formula is C16H29N3O4. The molecule has 2 rings (SSSR count). The summed E-state index contributed by atoms with van der Waals surface area (Å²) in [5.74, 6) is 0.417. The molecule has 132 valence electrons. The summed E-state index contributed by atoms with van der Waals surface area (Å²) >= 11 is 0. The standard InChI is InChI=1S/C16H29N3O4/c1-4-12(5-2)14(18-6-8-23-9-7-18)15(20)17-13-10-19(11-13)16(21)22-3/h12-14H,4-11H2,1-3H3,(H,17,20). The first-order valence-corrected chi connectivity index (χ1v) is 8.55. The summed E-state index contributed by atoms with van der Waals surface area (Å²) in [6.45, 7) is 8.29. The monoisotopic (exact) mass is 327 g/mol. The number of likely N-dealkylation sites (tertiary alicyclic amines) is 1. The zero-order valence-electron chi connectivity index (χ0n) is 14.4. The van der Waals surface area contributed by atoms with Gasteiger partial charge in [0.2, 0.25) is 5.91 Å². The van der Waals surface area contributed by atoms with Crippen LogP contribution in [-0.2, 0) is 14.3 Å². The zero-order valence-corrected chi connectivity index (χ0v) is 14.4. The van der Waals surface area contributed by atoms with Crippen LogP contribution in [0.2, 0.25) is 0 Å². The van der Waals surface area contributed by atoms with Crippen LogP contribution in [0.15, 0.2) is 0 Å². The molecule has 0 aromatic heterocycles. The fourth-order valence-electron chi connectivity index (χ4n) is 3.40. The molecule has 2 amide bonds. The van der Waals surface area contributed by atoms with E-state index in [0.29, 0.717) is 32.2 Å². The van der Waals surface area contributed by atoms with Gasteiger partial charge < -0.3 is 19.7 Å². The van der Waals surface area contributed by atoms with Gasteiger partial charge in [0, 0.05) is 26.2 Å². The lowest BCUT2D eigenvalue weighted by molar-refractivity contribution is -0.132. The van der Waals surface area contributed by atoms with Gasteiger partial charge in [-0.2, -0.15) is 0 Å². The molecule has 1 atom stereocenters. The van der Waals surface area contributed by atoms with Crippen LogP contribution in [-0.4, -0.2) is 80.4 Å². The number of rotatable bonds is 6. The maximum absolute atomic E-state index is 12.8. The van der Waals surface area contributed by atoms with Crippen molar-refractivity contribution in [2.45, 2.75) is 38.8 Å². The van der Waals surface area contributed by atoms with E-state index in [1.165, 1.54) is 7.11 Å². The van der Waals surface area contributed by atoms with Gasteiger partial charge in [0.15, 0.2) is 0 Å². The maximum Gasteiger partial charge on any atom is 0.409 e. The molecule has 7 nitrogen and oxygen atoms in total. The summed E-state index contributed by atoms with van der Waals surface area (Å²) < 4.78 is 10.1. The van der Waals surface area contributed by atoms with Crippen molar-refractivity contribution in [2.24, 2.45) is 5.92 Å². The van der Waals surface area contributed by atoms with Crippen LogP contribution in [0.25, 0.3) is 0 Å². The van der Waals surface area contributed by atoms with Crippen LogP contribution in [0.1, 0.15) is 26.7 Å². The van der Waals surface area contributed by atoms with E-state index < -0.39 is 0 Å². The number of nitrogens with zero attached hydrogens (tertiary/aromatic N) is 2. The van der Waals surface area contributed by atoms with E-state index in [2.05, 4.69) is 28.8 Å². The highest BCUT2D eigenvalue weighted by Gasteiger charge is 2.37. The van der Waals surface area contributed by atoms with Gasteiger partial charge in [-0.15, -0.1) is 0 Å². The second kappa shape index (κ2) is 8.49. The molecule has 0 radical (unpaired) electrons. The SMILES string of the molecule is CCC(CC)C(C(=O)NC1CN(C(=O)OC)C1)N1CCOCC1. The number of methoxy groups -OCH3 is 1. The van der Waals surface area contributed by atoms with Crippen LogP contribution in [0, 0.1) is 5.92 Å². The van der Waals surface area contributed by atoms with E-state index in [1.54, 1.807) is 4.90 Å². The van der Waals surface area contributed by atoms with Crippen LogP contribution >= 0.6 is 0 Å². The van der Waals surface area contributed by atoms with Gasteiger partial charge in [-0.25, -0.2) is 4.79 Å². The quantitative estimate of drug-likeness (QED) is 0.777. The molecule has 2 heterocycles. The molecular weight excluding hydrogens is 298 g/mol. The predicted molar refractivity (Wildman–Crippen MR) is 86.2 cm³/mol. The number of carbonyl (C=O) groups is 2. The first-order valence-electron chi connectivity index (χ1n) is 8.55. The van der Waals surface area contributed by atoms with Crippen molar-refractivity contribution >= 4 is 12.0 Å². The van der Waals surface area contributed by atoms with Gasteiger partial charge in [-0.1, -0.05) is 26.7 Å². The Bertz CT molecular complexity index is 402. The van der Waals surface area contributed by atoms with Gasteiger partial charge in [0.1, 0.15) is 0 Å². The van der Waals surface area contributed by atoms with Crippen molar-refractivity contribution in [2.75, 3.05) is 46.5 Å². The smallest absolute Gasteiger partial charge is 0.409 e. The van der Waals surface area contributed by atoms with E-state index in [9.17, 15) is 9.59 Å². The van der Waals surface area contributed by atoms with E-state index >= 15 is 0 Å². The van der Waals surface area contributed by atoms with Gasteiger partial charge in [0.05, 0.1) is 32.4 Å². The first kappa shape index (κ1) is 18.0. The average Bonchev–Trinajstić information content (AvgIpc) is 2.55. The third-order valence-corrected chi connectivity index (χ3v) is 4.86. The Hall–Kier alpha value is -1.34. The van der Waals surface area contributed by atoms with Crippen molar-refractivity contribution in [3.05, 3.63) is 0 Å². The van der Waals surface area contributed by atoms with Gasteiger partial charge in [-0.05, 0) is 5.92 Å². The summed E-state index contributed by atoms with van der Waals surface area (Å²) in [6.07, 6.45) is 1.62. The third kappa shape index (κ3) is 4.35. The number of nitrogens with one attached hydrogen (secondary N) is 1. The van der Waals surface area contributed by atoms with Crippen LogP contribution in [0.5, 0.6) is 0 Å². The van der Waals surface area contributed by atoms with Gasteiger partial charge in [-0.3, -0.25) is 9.69 Å². The normalized spacial score (nSPS) is 21.0. The number of carbonyl (C=O) groups excluding carboxylic acids is 2. The van der Waals surface area contributed by atoms with E-state index in [0.717, 1.165) is 25.9 Å². The fourth-order valence-corrected chi connectivity index (χ4v) is 3.40.